The molecule has 2 rings (SSSR count). The van der Waals surface area contributed by atoms with Gasteiger partial charge in [0.2, 0.25) is 5.91 Å². The standard InChI is InChI=1S/C15H15BrClN3O/c1-20(14-5-4-11(16)7-13(14)18)8-10-3-2-9(15(19)21)6-12(10)17/h2-7H,8,18H2,1H3,(H2,19,21). The summed E-state index contributed by atoms with van der Waals surface area (Å²) >= 11 is 9.58. The van der Waals surface area contributed by atoms with Crippen LogP contribution in [0.5, 0.6) is 0 Å². The molecule has 0 heterocycles. The highest BCUT2D eigenvalue weighted by Crippen LogP contribution is 2.28. The minimum Gasteiger partial charge on any atom is -0.397 e. The summed E-state index contributed by atoms with van der Waals surface area (Å²) < 4.78 is 0.931. The molecule has 21 heavy (non-hydrogen) atoms. The van der Waals surface area contributed by atoms with E-state index in [2.05, 4.69) is 15.9 Å². The maximum Gasteiger partial charge on any atom is 0.248 e. The third-order valence-corrected chi connectivity index (χ3v) is 3.99. The Balaban J connectivity index is 2.23. The number of nitrogens with two attached hydrogens (primary N) is 2. The topological polar surface area (TPSA) is 72.3 Å². The predicted octanol–water partition coefficient (Wildman–Crippen LogP) is 3.42. The van der Waals surface area contributed by atoms with Crippen LogP contribution in [0, 0.1) is 0 Å². The van der Waals surface area contributed by atoms with Gasteiger partial charge >= 0.3 is 0 Å². The second kappa shape index (κ2) is 6.37. The highest BCUT2D eigenvalue weighted by atomic mass is 79.9. The first-order chi connectivity index (χ1) is 9.88. The molecule has 0 bridgehead atoms. The molecule has 0 atom stereocenters. The van der Waals surface area contributed by atoms with Crippen molar-refractivity contribution in [1.82, 2.24) is 0 Å². The number of halogens is 2. The summed E-state index contributed by atoms with van der Waals surface area (Å²) in [6.45, 7) is 0.573. The first-order valence-corrected chi connectivity index (χ1v) is 7.40. The first-order valence-electron chi connectivity index (χ1n) is 6.23. The van der Waals surface area contributed by atoms with Gasteiger partial charge in [-0.3, -0.25) is 4.79 Å². The summed E-state index contributed by atoms with van der Waals surface area (Å²) in [5, 5.41) is 0.508. The lowest BCUT2D eigenvalue weighted by Crippen LogP contribution is -2.18. The third kappa shape index (κ3) is 3.68. The van der Waals surface area contributed by atoms with Crippen molar-refractivity contribution in [3.63, 3.8) is 0 Å². The maximum atomic E-state index is 11.1. The van der Waals surface area contributed by atoms with E-state index in [-0.39, 0.29) is 0 Å². The van der Waals surface area contributed by atoms with E-state index in [0.717, 1.165) is 15.7 Å². The normalized spacial score (nSPS) is 10.4. The van der Waals surface area contributed by atoms with E-state index in [1.165, 1.54) is 0 Å². The molecular formula is C15H15BrClN3O. The number of benzene rings is 2. The number of primary amides is 1. The van der Waals surface area contributed by atoms with Gasteiger partial charge in [0.05, 0.1) is 11.4 Å². The smallest absolute Gasteiger partial charge is 0.248 e. The Morgan fingerprint density at radius 3 is 2.57 bits per heavy atom. The Labute approximate surface area is 136 Å². The Kier molecular flexibility index (Phi) is 4.75. The summed E-state index contributed by atoms with van der Waals surface area (Å²) in [7, 11) is 1.93. The van der Waals surface area contributed by atoms with Crippen molar-refractivity contribution in [3.8, 4) is 0 Å². The zero-order valence-corrected chi connectivity index (χ0v) is 13.8. The second-order valence-electron chi connectivity index (χ2n) is 4.73. The number of amides is 1. The van der Waals surface area contributed by atoms with E-state index in [9.17, 15) is 4.79 Å². The highest BCUT2D eigenvalue weighted by molar-refractivity contribution is 9.10. The minimum atomic E-state index is -0.492. The van der Waals surface area contributed by atoms with Crippen LogP contribution in [0.3, 0.4) is 0 Å². The fourth-order valence-corrected chi connectivity index (χ4v) is 2.66. The molecule has 2 aromatic rings. The van der Waals surface area contributed by atoms with Crippen LogP contribution in [-0.2, 0) is 6.54 Å². The van der Waals surface area contributed by atoms with E-state index in [0.29, 0.717) is 22.8 Å². The van der Waals surface area contributed by atoms with E-state index < -0.39 is 5.91 Å². The van der Waals surface area contributed by atoms with Gasteiger partial charge in [0.15, 0.2) is 0 Å². The summed E-state index contributed by atoms with van der Waals surface area (Å²) in [6.07, 6.45) is 0. The van der Waals surface area contributed by atoms with Crippen molar-refractivity contribution in [2.75, 3.05) is 17.7 Å². The molecular weight excluding hydrogens is 354 g/mol. The van der Waals surface area contributed by atoms with Crippen molar-refractivity contribution < 1.29 is 4.79 Å². The van der Waals surface area contributed by atoms with Gasteiger partial charge in [0, 0.05) is 28.7 Å². The molecule has 110 valence electrons. The average Bonchev–Trinajstić information content (AvgIpc) is 2.40. The summed E-state index contributed by atoms with van der Waals surface area (Å²) in [5.74, 6) is -0.492. The zero-order valence-electron chi connectivity index (χ0n) is 11.4. The van der Waals surface area contributed by atoms with E-state index in [4.69, 9.17) is 23.1 Å². The maximum absolute atomic E-state index is 11.1. The van der Waals surface area contributed by atoms with Crippen LogP contribution in [0.2, 0.25) is 5.02 Å². The molecule has 2 aromatic carbocycles. The van der Waals surface area contributed by atoms with E-state index in [1.807, 2.05) is 30.1 Å². The Hall–Kier alpha value is -1.72. The predicted molar refractivity (Wildman–Crippen MR) is 90.6 cm³/mol. The molecule has 4 nitrogen and oxygen atoms in total. The Bertz CT molecular complexity index is 691. The van der Waals surface area contributed by atoms with Crippen molar-refractivity contribution in [1.29, 1.82) is 0 Å². The number of rotatable bonds is 4. The average molecular weight is 369 g/mol. The summed E-state index contributed by atoms with van der Waals surface area (Å²) in [5.41, 5.74) is 14.1. The van der Waals surface area contributed by atoms with Crippen LogP contribution >= 0.6 is 27.5 Å². The molecule has 4 N–H and O–H groups in total. The number of anilines is 2. The van der Waals surface area contributed by atoms with Gasteiger partial charge in [-0.2, -0.15) is 0 Å². The van der Waals surface area contributed by atoms with Gasteiger partial charge in [-0.1, -0.05) is 33.6 Å². The molecule has 0 aliphatic rings. The van der Waals surface area contributed by atoms with E-state index in [1.54, 1.807) is 18.2 Å². The Morgan fingerprint density at radius 2 is 2.00 bits per heavy atom. The van der Waals surface area contributed by atoms with Crippen molar-refractivity contribution in [2.45, 2.75) is 6.54 Å². The van der Waals surface area contributed by atoms with Crippen molar-refractivity contribution in [2.24, 2.45) is 5.73 Å². The van der Waals surface area contributed by atoms with Crippen LogP contribution in [0.4, 0.5) is 11.4 Å². The molecule has 6 heteroatoms. The number of nitrogens with zero attached hydrogens (tertiary/aromatic N) is 1. The lowest BCUT2D eigenvalue weighted by molar-refractivity contribution is 0.100. The molecule has 0 fully saturated rings. The monoisotopic (exact) mass is 367 g/mol. The fourth-order valence-electron chi connectivity index (χ4n) is 2.04. The van der Waals surface area contributed by atoms with Crippen LogP contribution in [0.15, 0.2) is 40.9 Å². The minimum absolute atomic E-state index is 0.398. The van der Waals surface area contributed by atoms with Gasteiger partial charge in [-0.05, 0) is 35.9 Å². The van der Waals surface area contributed by atoms with Gasteiger partial charge < -0.3 is 16.4 Å². The van der Waals surface area contributed by atoms with Crippen molar-refractivity contribution in [3.05, 3.63) is 57.0 Å². The molecule has 0 aliphatic carbocycles. The fraction of sp³-hybridized carbons (Fsp3) is 0.133. The van der Waals surface area contributed by atoms with Crippen LogP contribution < -0.4 is 16.4 Å². The largest absolute Gasteiger partial charge is 0.397 e. The lowest BCUT2D eigenvalue weighted by atomic mass is 10.1. The van der Waals surface area contributed by atoms with Crippen LogP contribution in [-0.4, -0.2) is 13.0 Å². The number of hydrogen-bond donors (Lipinski definition) is 2. The number of nitrogen functional groups attached to an aromatic ring is 1. The van der Waals surface area contributed by atoms with Crippen LogP contribution in [0.25, 0.3) is 0 Å². The summed E-state index contributed by atoms with van der Waals surface area (Å²) in [6, 6.07) is 10.8. The molecule has 0 aromatic heterocycles. The third-order valence-electron chi connectivity index (χ3n) is 3.15. The quantitative estimate of drug-likeness (QED) is 0.812. The molecule has 0 saturated heterocycles. The molecule has 0 radical (unpaired) electrons. The van der Waals surface area contributed by atoms with Gasteiger partial charge in [-0.25, -0.2) is 0 Å². The number of carbonyl (C=O) groups excluding carboxylic acids is 1. The lowest BCUT2D eigenvalue weighted by Gasteiger charge is -2.22. The molecule has 0 saturated carbocycles. The van der Waals surface area contributed by atoms with Gasteiger partial charge in [-0.15, -0.1) is 0 Å². The number of hydrogen-bond acceptors (Lipinski definition) is 3. The zero-order chi connectivity index (χ0) is 15.6. The molecule has 1 amide bonds. The summed E-state index contributed by atoms with van der Waals surface area (Å²) in [4.78, 5) is 13.1. The number of carbonyl (C=O) groups is 1. The highest BCUT2D eigenvalue weighted by Gasteiger charge is 2.10. The molecule has 0 aliphatic heterocycles. The SMILES string of the molecule is CN(Cc1ccc(C(N)=O)cc1Cl)c1ccc(Br)cc1N. The second-order valence-corrected chi connectivity index (χ2v) is 6.05. The van der Waals surface area contributed by atoms with Gasteiger partial charge in [0.1, 0.15) is 0 Å². The van der Waals surface area contributed by atoms with Crippen LogP contribution in [0.1, 0.15) is 15.9 Å². The first kappa shape index (κ1) is 15.7. The van der Waals surface area contributed by atoms with Crippen molar-refractivity contribution >= 4 is 44.8 Å². The van der Waals surface area contributed by atoms with Gasteiger partial charge in [0.25, 0.3) is 0 Å². The molecule has 0 unspecified atom stereocenters. The Morgan fingerprint density at radius 1 is 1.29 bits per heavy atom. The van der Waals surface area contributed by atoms with E-state index >= 15 is 0 Å². The molecule has 0 spiro atoms.